The number of pyridine rings is 1. The number of fused-ring (bicyclic) bond motifs is 2. The number of aromatic nitrogens is 3. The number of aryl methyl sites for hydroxylation is 1. The lowest BCUT2D eigenvalue weighted by Crippen LogP contribution is -2.26. The summed E-state index contributed by atoms with van der Waals surface area (Å²) in [4.78, 5) is 15.7. The van der Waals surface area contributed by atoms with Gasteiger partial charge >= 0.3 is 12.1 Å². The number of nitrogens with zero attached hydrogens (tertiary/aromatic N) is 3. The van der Waals surface area contributed by atoms with Crippen LogP contribution in [0.4, 0.5) is 13.2 Å². The first-order chi connectivity index (χ1) is 19.5. The van der Waals surface area contributed by atoms with Crippen molar-refractivity contribution in [2.24, 2.45) is 0 Å². The summed E-state index contributed by atoms with van der Waals surface area (Å²) in [6.07, 6.45) is -2.06. The van der Waals surface area contributed by atoms with Gasteiger partial charge in [0.15, 0.2) is 17.1 Å². The van der Waals surface area contributed by atoms with Gasteiger partial charge in [-0.2, -0.15) is 13.2 Å². The van der Waals surface area contributed by atoms with Crippen LogP contribution < -0.4 is 9.47 Å². The minimum Gasteiger partial charge on any atom is -0.493 e. The molecule has 0 N–H and O–H groups in total. The van der Waals surface area contributed by atoms with Crippen molar-refractivity contribution in [2.45, 2.75) is 24.5 Å². The average Bonchev–Trinajstić information content (AvgIpc) is 3.50. The number of hydrogen-bond donors (Lipinski definition) is 0. The van der Waals surface area contributed by atoms with E-state index in [-0.39, 0.29) is 22.8 Å². The van der Waals surface area contributed by atoms with E-state index in [0.717, 1.165) is 9.54 Å². The molecule has 5 aromatic rings. The standard InChI is InChI=1S/C28H24F3N3O6S/c1-17-6-8-19(9-7-17)41(36,37)34-23(13-18-5-4-10-32-26(18)34)21-16-33(11-12-40-27(35)28(29,30)31)22-15-25(39-3)24(38-2)14-20(21)22/h4-10,13-16H,11-12H2,1-3H3. The Balaban J connectivity index is 1.73. The van der Waals surface area contributed by atoms with Gasteiger partial charge in [-0.15, -0.1) is 0 Å². The van der Waals surface area contributed by atoms with Crippen molar-refractivity contribution in [1.82, 2.24) is 13.5 Å². The van der Waals surface area contributed by atoms with E-state index >= 15 is 0 Å². The third-order valence-corrected chi connectivity index (χ3v) is 8.26. The normalized spacial score (nSPS) is 12.1. The highest BCUT2D eigenvalue weighted by Crippen LogP contribution is 2.41. The van der Waals surface area contributed by atoms with Crippen LogP contribution in [0.2, 0.25) is 0 Å². The van der Waals surface area contributed by atoms with E-state index in [1.165, 1.54) is 32.5 Å². The van der Waals surface area contributed by atoms with Crippen LogP contribution in [0.5, 0.6) is 11.5 Å². The molecule has 9 nitrogen and oxygen atoms in total. The number of methoxy groups -OCH3 is 2. The number of alkyl halides is 3. The molecule has 0 unspecified atom stereocenters. The van der Waals surface area contributed by atoms with Crippen molar-refractivity contribution in [3.63, 3.8) is 0 Å². The van der Waals surface area contributed by atoms with Crippen LogP contribution in [0.25, 0.3) is 33.2 Å². The maximum atomic E-state index is 14.0. The number of carbonyl (C=O) groups is 1. The number of halogens is 3. The molecule has 0 spiro atoms. The van der Waals surface area contributed by atoms with E-state index in [9.17, 15) is 26.4 Å². The zero-order chi connectivity index (χ0) is 29.5. The first kappa shape index (κ1) is 28.0. The molecule has 0 aliphatic carbocycles. The zero-order valence-corrected chi connectivity index (χ0v) is 22.9. The number of hydrogen-bond acceptors (Lipinski definition) is 7. The van der Waals surface area contributed by atoms with Crippen LogP contribution in [-0.4, -0.2) is 54.9 Å². The number of benzene rings is 2. The van der Waals surface area contributed by atoms with Gasteiger partial charge < -0.3 is 18.8 Å². The summed E-state index contributed by atoms with van der Waals surface area (Å²) >= 11 is 0. The molecule has 41 heavy (non-hydrogen) atoms. The minimum atomic E-state index is -5.13. The topological polar surface area (TPSA) is 102 Å². The molecule has 214 valence electrons. The first-order valence-corrected chi connectivity index (χ1v) is 13.7. The van der Waals surface area contributed by atoms with Gasteiger partial charge in [0, 0.05) is 34.8 Å². The number of rotatable bonds is 8. The molecule has 0 bridgehead atoms. The molecule has 0 aliphatic rings. The van der Waals surface area contributed by atoms with Crippen LogP contribution in [0.3, 0.4) is 0 Å². The zero-order valence-electron chi connectivity index (χ0n) is 22.1. The van der Waals surface area contributed by atoms with Gasteiger partial charge in [0.2, 0.25) is 0 Å². The first-order valence-electron chi connectivity index (χ1n) is 12.2. The highest BCUT2D eigenvalue weighted by molar-refractivity contribution is 7.90. The van der Waals surface area contributed by atoms with Gasteiger partial charge in [0.05, 0.1) is 36.9 Å². The Morgan fingerprint density at radius 3 is 2.34 bits per heavy atom. The Labute approximate surface area is 232 Å². The van der Waals surface area contributed by atoms with E-state index in [1.807, 2.05) is 6.92 Å². The molecule has 0 saturated heterocycles. The molecule has 0 fully saturated rings. The summed E-state index contributed by atoms with van der Waals surface area (Å²) in [5.41, 5.74) is 2.26. The SMILES string of the molecule is COc1cc2c(-c3cc4cccnc4n3S(=O)(=O)c3ccc(C)cc3)cn(CCOC(=O)C(F)(F)F)c2cc1OC. The fourth-order valence-electron chi connectivity index (χ4n) is 4.58. The molecule has 13 heteroatoms. The van der Waals surface area contributed by atoms with Gasteiger partial charge in [-0.1, -0.05) is 17.7 Å². The van der Waals surface area contributed by atoms with Crippen molar-refractivity contribution in [3.8, 4) is 22.8 Å². The van der Waals surface area contributed by atoms with Crippen molar-refractivity contribution in [1.29, 1.82) is 0 Å². The largest absolute Gasteiger partial charge is 0.493 e. The predicted octanol–water partition coefficient (Wildman–Crippen LogP) is 5.33. The maximum Gasteiger partial charge on any atom is 0.490 e. The van der Waals surface area contributed by atoms with Crippen molar-refractivity contribution in [2.75, 3.05) is 20.8 Å². The third-order valence-electron chi connectivity index (χ3n) is 6.54. The Morgan fingerprint density at radius 2 is 1.68 bits per heavy atom. The van der Waals surface area contributed by atoms with Crippen LogP contribution in [-0.2, 0) is 26.1 Å². The van der Waals surface area contributed by atoms with Crippen LogP contribution in [0.15, 0.2) is 71.9 Å². The van der Waals surface area contributed by atoms with Crippen LogP contribution in [0.1, 0.15) is 5.56 Å². The fraction of sp³-hybridized carbons (Fsp3) is 0.214. The lowest BCUT2D eigenvalue weighted by molar-refractivity contribution is -0.199. The molecule has 0 amide bonds. The maximum absolute atomic E-state index is 14.0. The average molecular weight is 588 g/mol. The molecule has 5 rings (SSSR count). The molecule has 3 heterocycles. The van der Waals surface area contributed by atoms with Crippen LogP contribution in [0, 0.1) is 6.92 Å². The predicted molar refractivity (Wildman–Crippen MR) is 145 cm³/mol. The summed E-state index contributed by atoms with van der Waals surface area (Å²) in [7, 11) is -1.28. The second kappa shape index (κ2) is 10.5. The Hall–Kier alpha value is -4.52. The monoisotopic (exact) mass is 587 g/mol. The van der Waals surface area contributed by atoms with E-state index in [0.29, 0.717) is 33.4 Å². The molecule has 2 aromatic carbocycles. The molecular formula is C28H24F3N3O6S. The van der Waals surface area contributed by atoms with Crippen molar-refractivity contribution < 1.29 is 40.6 Å². The molecular weight excluding hydrogens is 563 g/mol. The molecule has 0 aliphatic heterocycles. The van der Waals surface area contributed by atoms with E-state index < -0.39 is 28.8 Å². The Morgan fingerprint density at radius 1 is 1.00 bits per heavy atom. The smallest absolute Gasteiger partial charge is 0.490 e. The van der Waals surface area contributed by atoms with Gasteiger partial charge in [-0.3, -0.25) is 0 Å². The third kappa shape index (κ3) is 5.08. The fourth-order valence-corrected chi connectivity index (χ4v) is 6.06. The second-order valence-corrected chi connectivity index (χ2v) is 10.9. The second-order valence-electron chi connectivity index (χ2n) is 9.12. The van der Waals surface area contributed by atoms with Gasteiger partial charge in [-0.05, 0) is 43.3 Å². The summed E-state index contributed by atoms with van der Waals surface area (Å²) in [5, 5.41) is 1.08. The Kier molecular flexibility index (Phi) is 7.15. The summed E-state index contributed by atoms with van der Waals surface area (Å²) in [6, 6.07) is 14.7. The lowest BCUT2D eigenvalue weighted by Gasteiger charge is -2.12. The van der Waals surface area contributed by atoms with Gasteiger partial charge in [0.1, 0.15) is 6.61 Å². The minimum absolute atomic E-state index is 0.0505. The van der Waals surface area contributed by atoms with Crippen LogP contribution >= 0.6 is 0 Å². The van der Waals surface area contributed by atoms with E-state index in [1.54, 1.807) is 53.2 Å². The highest BCUT2D eigenvalue weighted by atomic mass is 32.2. The summed E-state index contributed by atoms with van der Waals surface area (Å²) < 4.78 is 84.1. The van der Waals surface area contributed by atoms with Gasteiger partial charge in [-0.25, -0.2) is 22.2 Å². The van der Waals surface area contributed by atoms with E-state index in [2.05, 4.69) is 9.72 Å². The van der Waals surface area contributed by atoms with Crippen molar-refractivity contribution in [3.05, 3.63) is 72.6 Å². The quantitative estimate of drug-likeness (QED) is 0.226. The van der Waals surface area contributed by atoms with E-state index in [4.69, 9.17) is 9.47 Å². The number of carbonyl (C=O) groups excluding carboxylic acids is 1. The highest BCUT2D eigenvalue weighted by Gasteiger charge is 2.40. The lowest BCUT2D eigenvalue weighted by atomic mass is 10.1. The number of esters is 1. The molecule has 0 atom stereocenters. The summed E-state index contributed by atoms with van der Waals surface area (Å²) in [5.74, 6) is -1.61. The summed E-state index contributed by atoms with van der Waals surface area (Å²) in [6.45, 7) is 1.11. The molecule has 3 aromatic heterocycles. The molecule has 0 radical (unpaired) electrons. The number of ether oxygens (including phenoxy) is 3. The van der Waals surface area contributed by atoms with Gasteiger partial charge in [0.25, 0.3) is 10.0 Å². The molecule has 0 saturated carbocycles. The van der Waals surface area contributed by atoms with Crippen molar-refractivity contribution >= 4 is 37.9 Å². The Bertz CT molecular complexity index is 1880.